The van der Waals surface area contributed by atoms with E-state index in [1.807, 2.05) is 6.92 Å². The molecule has 3 rings (SSSR count). The van der Waals surface area contributed by atoms with E-state index in [0.29, 0.717) is 5.69 Å². The Labute approximate surface area is 126 Å². The van der Waals surface area contributed by atoms with Crippen LogP contribution in [0.3, 0.4) is 0 Å². The largest absolute Gasteiger partial charge is 0.341 e. The van der Waals surface area contributed by atoms with Gasteiger partial charge in [0.2, 0.25) is 5.95 Å². The number of anilines is 1. The Morgan fingerprint density at radius 2 is 1.90 bits per heavy atom. The van der Waals surface area contributed by atoms with Gasteiger partial charge in [-0.1, -0.05) is 0 Å². The summed E-state index contributed by atoms with van der Waals surface area (Å²) in [6, 6.07) is 3.86. The molecule has 0 N–H and O–H groups in total. The molecule has 0 bridgehead atoms. The van der Waals surface area contributed by atoms with E-state index in [-0.39, 0.29) is 0 Å². The Hall–Kier alpha value is -1.67. The highest BCUT2D eigenvalue weighted by molar-refractivity contribution is 5.36. The van der Waals surface area contributed by atoms with Gasteiger partial charge in [0.25, 0.3) is 0 Å². The molecule has 0 radical (unpaired) electrons. The Balaban J connectivity index is 1.58. The molecule has 0 atom stereocenters. The number of aromatic nitrogens is 2. The number of hydrogen-bond acceptors (Lipinski definition) is 5. The number of nitriles is 1. The lowest BCUT2D eigenvalue weighted by Gasteiger charge is -2.34. The molecule has 0 saturated carbocycles. The minimum absolute atomic E-state index is 0.469. The second kappa shape index (κ2) is 6.40. The molecular weight excluding hydrogens is 262 g/mol. The molecule has 1 aromatic heterocycles. The monoisotopic (exact) mass is 285 g/mol. The lowest BCUT2D eigenvalue weighted by molar-refractivity contribution is 0.249. The summed E-state index contributed by atoms with van der Waals surface area (Å²) in [6.45, 7) is 7.76. The first-order valence-electron chi connectivity index (χ1n) is 7.97. The molecule has 0 aromatic carbocycles. The minimum Gasteiger partial charge on any atom is -0.341 e. The standard InChI is InChI=1S/C16H23N5/c1-13-10-15(11-17)19-16(18-13)21-8-4-14(5-9-21)12-20-6-2-3-7-20/h10,14H,2-9,12H2,1H3. The third kappa shape index (κ3) is 3.51. The highest BCUT2D eigenvalue weighted by Gasteiger charge is 2.24. The number of hydrogen-bond donors (Lipinski definition) is 0. The molecule has 0 spiro atoms. The van der Waals surface area contributed by atoms with Gasteiger partial charge in [0.15, 0.2) is 0 Å². The first-order valence-corrected chi connectivity index (χ1v) is 7.97. The predicted molar refractivity (Wildman–Crippen MR) is 82.1 cm³/mol. The Bertz CT molecular complexity index is 522. The van der Waals surface area contributed by atoms with E-state index in [9.17, 15) is 0 Å². The molecule has 2 fully saturated rings. The van der Waals surface area contributed by atoms with E-state index >= 15 is 0 Å². The van der Waals surface area contributed by atoms with Crippen molar-refractivity contribution < 1.29 is 0 Å². The summed E-state index contributed by atoms with van der Waals surface area (Å²) in [6.07, 6.45) is 5.14. The van der Waals surface area contributed by atoms with Gasteiger partial charge in [0, 0.05) is 25.3 Å². The maximum atomic E-state index is 9.02. The molecule has 5 nitrogen and oxygen atoms in total. The zero-order valence-corrected chi connectivity index (χ0v) is 12.8. The van der Waals surface area contributed by atoms with E-state index in [2.05, 4.69) is 25.8 Å². The van der Waals surface area contributed by atoms with Crippen LogP contribution in [-0.4, -0.2) is 47.6 Å². The Morgan fingerprint density at radius 3 is 2.57 bits per heavy atom. The van der Waals surface area contributed by atoms with Gasteiger partial charge in [0.05, 0.1) is 0 Å². The van der Waals surface area contributed by atoms with Crippen molar-refractivity contribution >= 4 is 5.95 Å². The van der Waals surface area contributed by atoms with Gasteiger partial charge in [-0.05, 0) is 57.7 Å². The van der Waals surface area contributed by atoms with Gasteiger partial charge in [0.1, 0.15) is 11.8 Å². The quantitative estimate of drug-likeness (QED) is 0.850. The molecular formula is C16H23N5. The Morgan fingerprint density at radius 1 is 1.19 bits per heavy atom. The molecule has 21 heavy (non-hydrogen) atoms. The van der Waals surface area contributed by atoms with E-state index in [1.54, 1.807) is 6.07 Å². The summed E-state index contributed by atoms with van der Waals surface area (Å²) in [5.74, 6) is 1.53. The van der Waals surface area contributed by atoms with Crippen LogP contribution in [0.15, 0.2) is 6.07 Å². The van der Waals surface area contributed by atoms with Gasteiger partial charge in [-0.25, -0.2) is 9.97 Å². The molecule has 112 valence electrons. The third-order valence-corrected chi connectivity index (χ3v) is 4.57. The highest BCUT2D eigenvalue weighted by atomic mass is 15.3. The van der Waals surface area contributed by atoms with E-state index in [1.165, 1.54) is 45.3 Å². The van der Waals surface area contributed by atoms with Crippen LogP contribution in [0.2, 0.25) is 0 Å². The fourth-order valence-electron chi connectivity index (χ4n) is 3.40. The van der Waals surface area contributed by atoms with Gasteiger partial charge < -0.3 is 9.80 Å². The smallest absolute Gasteiger partial charge is 0.226 e. The van der Waals surface area contributed by atoms with Crippen molar-refractivity contribution in [2.45, 2.75) is 32.6 Å². The van der Waals surface area contributed by atoms with Gasteiger partial charge in [-0.3, -0.25) is 0 Å². The average Bonchev–Trinajstić information content (AvgIpc) is 3.00. The maximum absolute atomic E-state index is 9.02. The third-order valence-electron chi connectivity index (χ3n) is 4.57. The number of piperidine rings is 1. The fourth-order valence-corrected chi connectivity index (χ4v) is 3.40. The van der Waals surface area contributed by atoms with Crippen LogP contribution >= 0.6 is 0 Å². The van der Waals surface area contributed by atoms with E-state index in [0.717, 1.165) is 30.6 Å². The zero-order chi connectivity index (χ0) is 14.7. The predicted octanol–water partition coefficient (Wildman–Crippen LogP) is 1.97. The molecule has 3 heterocycles. The van der Waals surface area contributed by atoms with E-state index < -0.39 is 0 Å². The molecule has 1 aromatic rings. The van der Waals surface area contributed by atoms with Crippen molar-refractivity contribution in [2.24, 2.45) is 5.92 Å². The summed E-state index contributed by atoms with van der Waals surface area (Å²) < 4.78 is 0. The molecule has 2 saturated heterocycles. The number of nitrogens with zero attached hydrogens (tertiary/aromatic N) is 5. The molecule has 5 heteroatoms. The SMILES string of the molecule is Cc1cc(C#N)nc(N2CCC(CN3CCCC3)CC2)n1. The summed E-state index contributed by atoms with van der Waals surface area (Å²) in [7, 11) is 0. The second-order valence-corrected chi connectivity index (χ2v) is 6.24. The van der Waals surface area contributed by atoms with Crippen molar-refractivity contribution in [3.05, 3.63) is 17.5 Å². The van der Waals surface area contributed by atoms with Gasteiger partial charge in [-0.2, -0.15) is 5.26 Å². The van der Waals surface area contributed by atoms with Crippen LogP contribution in [0.25, 0.3) is 0 Å². The molecule has 0 amide bonds. The van der Waals surface area contributed by atoms with Crippen LogP contribution in [-0.2, 0) is 0 Å². The van der Waals surface area contributed by atoms with Crippen LogP contribution in [0.1, 0.15) is 37.1 Å². The van der Waals surface area contributed by atoms with Gasteiger partial charge in [-0.15, -0.1) is 0 Å². The van der Waals surface area contributed by atoms with E-state index in [4.69, 9.17) is 5.26 Å². The Kier molecular flexibility index (Phi) is 4.35. The number of aryl methyl sites for hydroxylation is 1. The minimum atomic E-state index is 0.469. The lowest BCUT2D eigenvalue weighted by atomic mass is 9.96. The van der Waals surface area contributed by atoms with Crippen LogP contribution in [0, 0.1) is 24.2 Å². The summed E-state index contributed by atoms with van der Waals surface area (Å²) in [5, 5.41) is 9.02. The number of likely N-dealkylation sites (tertiary alicyclic amines) is 1. The van der Waals surface area contributed by atoms with Gasteiger partial charge >= 0.3 is 0 Å². The van der Waals surface area contributed by atoms with Crippen molar-refractivity contribution in [1.82, 2.24) is 14.9 Å². The summed E-state index contributed by atoms with van der Waals surface area (Å²) >= 11 is 0. The normalized spacial score (nSPS) is 20.7. The highest BCUT2D eigenvalue weighted by Crippen LogP contribution is 2.23. The lowest BCUT2D eigenvalue weighted by Crippen LogP contribution is -2.39. The van der Waals surface area contributed by atoms with Crippen LogP contribution in [0.5, 0.6) is 0 Å². The van der Waals surface area contributed by atoms with Crippen molar-refractivity contribution in [2.75, 3.05) is 37.6 Å². The summed E-state index contributed by atoms with van der Waals surface area (Å²) in [4.78, 5) is 13.7. The first-order chi connectivity index (χ1) is 10.2. The van der Waals surface area contributed by atoms with Crippen molar-refractivity contribution in [3.8, 4) is 6.07 Å². The summed E-state index contributed by atoms with van der Waals surface area (Å²) in [5.41, 5.74) is 1.34. The number of rotatable bonds is 3. The van der Waals surface area contributed by atoms with Crippen LogP contribution < -0.4 is 4.90 Å². The average molecular weight is 285 g/mol. The van der Waals surface area contributed by atoms with Crippen molar-refractivity contribution in [3.63, 3.8) is 0 Å². The molecule has 2 aliphatic heterocycles. The molecule has 0 aliphatic carbocycles. The maximum Gasteiger partial charge on any atom is 0.226 e. The second-order valence-electron chi connectivity index (χ2n) is 6.24. The van der Waals surface area contributed by atoms with Crippen molar-refractivity contribution in [1.29, 1.82) is 5.26 Å². The fraction of sp³-hybridized carbons (Fsp3) is 0.688. The molecule has 0 unspecified atom stereocenters. The molecule has 2 aliphatic rings. The topological polar surface area (TPSA) is 56.1 Å². The zero-order valence-electron chi connectivity index (χ0n) is 12.8. The van der Waals surface area contributed by atoms with Crippen LogP contribution in [0.4, 0.5) is 5.95 Å². The first kappa shape index (κ1) is 14.3.